The van der Waals surface area contributed by atoms with Crippen LogP contribution in [0.25, 0.3) is 0 Å². The monoisotopic (exact) mass is 319 g/mol. The molecular formula is C16H15F2N3S. The van der Waals surface area contributed by atoms with Crippen molar-refractivity contribution >= 4 is 28.7 Å². The molecule has 0 fully saturated rings. The van der Waals surface area contributed by atoms with Gasteiger partial charge in [0.05, 0.1) is 5.71 Å². The first-order valence-corrected chi connectivity index (χ1v) is 7.00. The van der Waals surface area contributed by atoms with Crippen molar-refractivity contribution in [2.24, 2.45) is 5.10 Å². The van der Waals surface area contributed by atoms with Gasteiger partial charge in [0.2, 0.25) is 0 Å². The zero-order valence-electron chi connectivity index (χ0n) is 12.2. The van der Waals surface area contributed by atoms with Gasteiger partial charge in [0.25, 0.3) is 0 Å². The van der Waals surface area contributed by atoms with Crippen molar-refractivity contribution in [1.82, 2.24) is 5.43 Å². The summed E-state index contributed by atoms with van der Waals surface area (Å²) >= 11 is 5.11. The molecule has 0 saturated heterocycles. The van der Waals surface area contributed by atoms with Gasteiger partial charge in [-0.25, -0.2) is 8.78 Å². The summed E-state index contributed by atoms with van der Waals surface area (Å²) in [6, 6.07) is 11.0. The molecule has 0 aliphatic carbocycles. The largest absolute Gasteiger partial charge is 0.331 e. The topological polar surface area (TPSA) is 36.4 Å². The Bertz CT molecular complexity index is 712. The van der Waals surface area contributed by atoms with Gasteiger partial charge in [-0.15, -0.1) is 0 Å². The van der Waals surface area contributed by atoms with Crippen LogP contribution in [0.4, 0.5) is 14.5 Å². The van der Waals surface area contributed by atoms with Crippen LogP contribution in [0.5, 0.6) is 0 Å². The van der Waals surface area contributed by atoms with E-state index < -0.39 is 11.6 Å². The van der Waals surface area contributed by atoms with Gasteiger partial charge in [0.15, 0.2) is 5.11 Å². The highest BCUT2D eigenvalue weighted by Crippen LogP contribution is 2.11. The number of anilines is 1. The van der Waals surface area contributed by atoms with Gasteiger partial charge in [0, 0.05) is 17.3 Å². The molecule has 22 heavy (non-hydrogen) atoms. The SMILES string of the molecule is C/C(=N/NC(=S)Nc1ccc(C)cc1)c1ccc(F)cc1F. The van der Waals surface area contributed by atoms with Gasteiger partial charge in [0.1, 0.15) is 11.6 Å². The molecule has 0 saturated carbocycles. The molecule has 0 amide bonds. The number of halogens is 2. The minimum Gasteiger partial charge on any atom is -0.331 e. The Kier molecular flexibility index (Phi) is 5.16. The van der Waals surface area contributed by atoms with E-state index in [0.717, 1.165) is 17.3 Å². The lowest BCUT2D eigenvalue weighted by Gasteiger charge is -2.08. The standard InChI is InChI=1S/C16H15F2N3S/c1-10-3-6-13(7-4-10)19-16(22)21-20-11(2)14-8-5-12(17)9-15(14)18/h3-9H,1-2H3,(H2,19,21,22)/b20-11-. The number of hydrazone groups is 1. The van der Waals surface area contributed by atoms with Crippen LogP contribution >= 0.6 is 12.2 Å². The molecule has 0 spiro atoms. The molecular weight excluding hydrogens is 304 g/mol. The van der Waals surface area contributed by atoms with Crippen LogP contribution in [0.3, 0.4) is 0 Å². The third-order valence-corrected chi connectivity index (χ3v) is 3.15. The molecule has 0 atom stereocenters. The highest BCUT2D eigenvalue weighted by Gasteiger charge is 2.07. The van der Waals surface area contributed by atoms with Crippen molar-refractivity contribution in [3.05, 3.63) is 65.2 Å². The van der Waals surface area contributed by atoms with Crippen LogP contribution in [-0.4, -0.2) is 10.8 Å². The van der Waals surface area contributed by atoms with E-state index in [1.807, 2.05) is 31.2 Å². The lowest BCUT2D eigenvalue weighted by molar-refractivity contribution is 0.581. The number of aryl methyl sites for hydroxylation is 1. The van der Waals surface area contributed by atoms with Crippen molar-refractivity contribution in [3.8, 4) is 0 Å². The molecule has 0 radical (unpaired) electrons. The van der Waals surface area contributed by atoms with Crippen LogP contribution in [0.15, 0.2) is 47.6 Å². The number of thiocarbonyl (C=S) groups is 1. The summed E-state index contributed by atoms with van der Waals surface area (Å²) in [6.45, 7) is 3.60. The van der Waals surface area contributed by atoms with Gasteiger partial charge in [-0.1, -0.05) is 17.7 Å². The van der Waals surface area contributed by atoms with Crippen molar-refractivity contribution < 1.29 is 8.78 Å². The Balaban J connectivity index is 2.00. The number of benzene rings is 2. The minimum atomic E-state index is -0.666. The molecule has 2 N–H and O–H groups in total. The second-order valence-corrected chi connectivity index (χ2v) is 5.16. The smallest absolute Gasteiger partial charge is 0.191 e. The zero-order chi connectivity index (χ0) is 16.1. The Hall–Kier alpha value is -2.34. The average molecular weight is 319 g/mol. The van der Waals surface area contributed by atoms with E-state index in [9.17, 15) is 8.78 Å². The summed E-state index contributed by atoms with van der Waals surface area (Å²) < 4.78 is 26.5. The lowest BCUT2D eigenvalue weighted by Crippen LogP contribution is -2.25. The van der Waals surface area contributed by atoms with Gasteiger partial charge < -0.3 is 5.32 Å². The van der Waals surface area contributed by atoms with E-state index in [4.69, 9.17) is 12.2 Å². The predicted molar refractivity (Wildman–Crippen MR) is 89.1 cm³/mol. The number of nitrogens with one attached hydrogen (secondary N) is 2. The summed E-state index contributed by atoms with van der Waals surface area (Å²) in [7, 11) is 0. The van der Waals surface area contributed by atoms with Crippen molar-refractivity contribution in [2.45, 2.75) is 13.8 Å². The molecule has 6 heteroatoms. The fourth-order valence-corrected chi connectivity index (χ4v) is 1.94. The third kappa shape index (κ3) is 4.33. The maximum Gasteiger partial charge on any atom is 0.191 e. The first kappa shape index (κ1) is 16.0. The predicted octanol–water partition coefficient (Wildman–Crippen LogP) is 3.98. The lowest BCUT2D eigenvalue weighted by atomic mass is 10.1. The molecule has 2 aromatic rings. The van der Waals surface area contributed by atoms with Crippen LogP contribution in [-0.2, 0) is 0 Å². The van der Waals surface area contributed by atoms with Crippen LogP contribution in [0.1, 0.15) is 18.1 Å². The molecule has 0 aliphatic heterocycles. The molecule has 0 unspecified atom stereocenters. The summed E-state index contributed by atoms with van der Waals surface area (Å²) in [5, 5.41) is 7.24. The quantitative estimate of drug-likeness (QED) is 0.510. The normalized spacial score (nSPS) is 11.2. The molecule has 2 rings (SSSR count). The second-order valence-electron chi connectivity index (χ2n) is 4.75. The van der Waals surface area contributed by atoms with Gasteiger partial charge in [-0.2, -0.15) is 5.10 Å². The minimum absolute atomic E-state index is 0.215. The second kappa shape index (κ2) is 7.09. The fourth-order valence-electron chi connectivity index (χ4n) is 1.77. The molecule has 114 valence electrons. The fraction of sp³-hybridized carbons (Fsp3) is 0.125. The molecule has 0 bridgehead atoms. The van der Waals surface area contributed by atoms with Crippen LogP contribution in [0.2, 0.25) is 0 Å². The van der Waals surface area contributed by atoms with Crippen LogP contribution in [0, 0.1) is 18.6 Å². The first-order chi connectivity index (χ1) is 10.5. The summed E-state index contributed by atoms with van der Waals surface area (Å²) in [6.07, 6.45) is 0. The molecule has 0 heterocycles. The Morgan fingerprint density at radius 1 is 1.09 bits per heavy atom. The van der Waals surface area contributed by atoms with E-state index >= 15 is 0 Å². The first-order valence-electron chi connectivity index (χ1n) is 6.59. The maximum absolute atomic E-state index is 13.6. The maximum atomic E-state index is 13.6. The number of hydrogen-bond acceptors (Lipinski definition) is 2. The van der Waals surface area contributed by atoms with E-state index in [2.05, 4.69) is 15.8 Å². The Labute approximate surface area is 133 Å². The van der Waals surface area contributed by atoms with Crippen LogP contribution < -0.4 is 10.7 Å². The highest BCUT2D eigenvalue weighted by molar-refractivity contribution is 7.80. The van der Waals surface area contributed by atoms with Gasteiger partial charge in [-0.05, 0) is 50.3 Å². The highest BCUT2D eigenvalue weighted by atomic mass is 32.1. The number of hydrogen-bond donors (Lipinski definition) is 2. The molecule has 2 aromatic carbocycles. The van der Waals surface area contributed by atoms with E-state index in [0.29, 0.717) is 5.71 Å². The zero-order valence-corrected chi connectivity index (χ0v) is 13.0. The van der Waals surface area contributed by atoms with Crippen molar-refractivity contribution in [1.29, 1.82) is 0 Å². The van der Waals surface area contributed by atoms with E-state index in [-0.39, 0.29) is 10.7 Å². The van der Waals surface area contributed by atoms with Crippen molar-refractivity contribution in [3.63, 3.8) is 0 Å². The summed E-state index contributed by atoms with van der Waals surface area (Å²) in [4.78, 5) is 0. The molecule has 0 aliphatic rings. The average Bonchev–Trinajstić information content (AvgIpc) is 2.47. The van der Waals surface area contributed by atoms with E-state index in [1.165, 1.54) is 12.1 Å². The van der Waals surface area contributed by atoms with E-state index in [1.54, 1.807) is 6.92 Å². The number of rotatable bonds is 3. The molecule has 3 nitrogen and oxygen atoms in total. The summed E-state index contributed by atoms with van der Waals surface area (Å²) in [5.41, 5.74) is 5.18. The van der Waals surface area contributed by atoms with Gasteiger partial charge in [-0.3, -0.25) is 5.43 Å². The molecule has 0 aromatic heterocycles. The Morgan fingerprint density at radius 3 is 2.41 bits per heavy atom. The van der Waals surface area contributed by atoms with Gasteiger partial charge >= 0.3 is 0 Å². The third-order valence-electron chi connectivity index (χ3n) is 2.96. The Morgan fingerprint density at radius 2 is 1.77 bits per heavy atom. The number of nitrogens with zero attached hydrogens (tertiary/aromatic N) is 1. The summed E-state index contributed by atoms with van der Waals surface area (Å²) in [5.74, 6) is -1.29. The van der Waals surface area contributed by atoms with Crippen molar-refractivity contribution in [2.75, 3.05) is 5.32 Å².